The van der Waals surface area contributed by atoms with E-state index in [1.807, 2.05) is 30.3 Å². The second-order valence-corrected chi connectivity index (χ2v) is 7.40. The van der Waals surface area contributed by atoms with Crippen molar-refractivity contribution in [3.05, 3.63) is 54.6 Å². The number of carbonyl (C=O) groups is 2. The van der Waals surface area contributed by atoms with Crippen LogP contribution in [0.2, 0.25) is 0 Å². The zero-order valence-corrected chi connectivity index (χ0v) is 15.0. The minimum Gasteiger partial charge on any atom is -0.332 e. The topological polar surface area (TPSA) is 55.2 Å². The Morgan fingerprint density at radius 1 is 1.04 bits per heavy atom. The van der Waals surface area contributed by atoms with Crippen LogP contribution in [0, 0.1) is 5.92 Å². The molecular weight excluding hydrogens is 326 g/mol. The van der Waals surface area contributed by atoms with E-state index in [-0.39, 0.29) is 29.8 Å². The molecule has 0 N–H and O–H groups in total. The van der Waals surface area contributed by atoms with Gasteiger partial charge in [-0.15, -0.1) is 0 Å². The Labute approximate surface area is 154 Å². The molecule has 1 saturated heterocycles. The quantitative estimate of drug-likeness (QED) is 0.844. The summed E-state index contributed by atoms with van der Waals surface area (Å²) in [5, 5.41) is 0. The number of benzene rings is 1. The number of aromatic nitrogens is 2. The summed E-state index contributed by atoms with van der Waals surface area (Å²) in [6.45, 7) is 0. The highest BCUT2D eigenvalue weighted by Crippen LogP contribution is 2.41. The van der Waals surface area contributed by atoms with E-state index in [0.717, 1.165) is 31.2 Å². The van der Waals surface area contributed by atoms with Gasteiger partial charge >= 0.3 is 0 Å². The lowest BCUT2D eigenvalue weighted by atomic mass is 9.80. The van der Waals surface area contributed by atoms with Gasteiger partial charge in [0, 0.05) is 24.9 Å². The predicted octanol–water partition coefficient (Wildman–Crippen LogP) is 3.84. The lowest BCUT2D eigenvalue weighted by Gasteiger charge is -2.46. The minimum absolute atomic E-state index is 0.0321. The number of hydrogen-bond acceptors (Lipinski definition) is 3. The van der Waals surface area contributed by atoms with Gasteiger partial charge in [0.15, 0.2) is 0 Å². The molecule has 1 saturated carbocycles. The number of rotatable bonds is 3. The third-order valence-corrected chi connectivity index (χ3v) is 5.82. The molecule has 2 aliphatic rings. The molecule has 1 amide bonds. The normalized spacial score (nSPS) is 24.6. The smallest absolute Gasteiger partial charge is 0.237 e. The van der Waals surface area contributed by atoms with E-state index in [1.165, 1.54) is 6.42 Å². The van der Waals surface area contributed by atoms with Crippen molar-refractivity contribution in [2.75, 3.05) is 0 Å². The molecule has 2 aromatic rings. The maximum atomic E-state index is 13.2. The second-order valence-electron chi connectivity index (χ2n) is 7.40. The van der Waals surface area contributed by atoms with E-state index >= 15 is 0 Å². The highest BCUT2D eigenvalue weighted by atomic mass is 16.2. The Morgan fingerprint density at radius 3 is 2.50 bits per heavy atom. The third-order valence-electron chi connectivity index (χ3n) is 5.82. The van der Waals surface area contributed by atoms with Gasteiger partial charge in [-0.1, -0.05) is 49.6 Å². The van der Waals surface area contributed by atoms with E-state index in [2.05, 4.69) is 9.88 Å². The zero-order chi connectivity index (χ0) is 17.9. The summed E-state index contributed by atoms with van der Waals surface area (Å²) in [7, 11) is 0. The first-order valence-electron chi connectivity index (χ1n) is 9.64. The van der Waals surface area contributed by atoms with E-state index in [4.69, 9.17) is 0 Å². The van der Waals surface area contributed by atoms with Crippen molar-refractivity contribution >= 4 is 11.8 Å². The van der Waals surface area contributed by atoms with E-state index in [0.29, 0.717) is 12.8 Å². The molecule has 5 heteroatoms. The summed E-state index contributed by atoms with van der Waals surface area (Å²) in [4.78, 5) is 32.2. The lowest BCUT2D eigenvalue weighted by molar-refractivity contribution is -0.142. The van der Waals surface area contributed by atoms with Crippen molar-refractivity contribution in [3.63, 3.8) is 0 Å². The third kappa shape index (κ3) is 3.18. The first kappa shape index (κ1) is 17.0. The van der Waals surface area contributed by atoms with Gasteiger partial charge in [-0.2, -0.15) is 0 Å². The van der Waals surface area contributed by atoms with Gasteiger partial charge in [0.2, 0.25) is 11.8 Å². The fraction of sp³-hybridized carbons (Fsp3) is 0.476. The van der Waals surface area contributed by atoms with Gasteiger partial charge in [0.1, 0.15) is 6.33 Å². The first-order chi connectivity index (χ1) is 12.8. The van der Waals surface area contributed by atoms with Crippen LogP contribution in [0.5, 0.6) is 0 Å². The van der Waals surface area contributed by atoms with Crippen LogP contribution < -0.4 is 0 Å². The monoisotopic (exact) mass is 351 g/mol. The molecule has 1 aromatic heterocycles. The van der Waals surface area contributed by atoms with Crippen molar-refractivity contribution < 1.29 is 9.59 Å². The van der Waals surface area contributed by atoms with Crippen molar-refractivity contribution in [3.8, 4) is 0 Å². The Kier molecular flexibility index (Phi) is 4.87. The Hall–Kier alpha value is -2.43. The van der Waals surface area contributed by atoms with Crippen molar-refractivity contribution in [1.82, 2.24) is 14.5 Å². The highest BCUT2D eigenvalue weighted by Gasteiger charge is 2.43. The summed E-state index contributed by atoms with van der Waals surface area (Å²) in [5.74, 6) is -0.00340. The first-order valence-corrected chi connectivity index (χ1v) is 9.64. The Bertz CT molecular complexity index is 751. The number of amides is 1. The fourth-order valence-electron chi connectivity index (χ4n) is 4.59. The maximum absolute atomic E-state index is 13.2. The number of hydrogen-bond donors (Lipinski definition) is 0. The summed E-state index contributed by atoms with van der Waals surface area (Å²) in [6.07, 6.45) is 11.6. The van der Waals surface area contributed by atoms with Crippen molar-refractivity contribution in [2.45, 2.75) is 57.0 Å². The van der Waals surface area contributed by atoms with Gasteiger partial charge in [-0.3, -0.25) is 14.2 Å². The SMILES string of the molecule is O=C1CC[C@@H](C(=O)n2ccnc2)[C@H](c2ccccc2)N1C1CCCCC1. The van der Waals surface area contributed by atoms with Crippen molar-refractivity contribution in [1.29, 1.82) is 0 Å². The fourth-order valence-corrected chi connectivity index (χ4v) is 4.59. The Balaban J connectivity index is 1.73. The van der Waals surface area contributed by atoms with Crippen LogP contribution in [0.25, 0.3) is 0 Å². The van der Waals surface area contributed by atoms with Crippen LogP contribution in [-0.2, 0) is 4.79 Å². The number of carbonyl (C=O) groups excluding carboxylic acids is 2. The molecule has 2 heterocycles. The molecule has 0 bridgehead atoms. The predicted molar refractivity (Wildman–Crippen MR) is 98.5 cm³/mol. The average molecular weight is 351 g/mol. The van der Waals surface area contributed by atoms with Crippen LogP contribution in [0.3, 0.4) is 0 Å². The molecule has 0 radical (unpaired) electrons. The van der Waals surface area contributed by atoms with Gasteiger partial charge in [-0.25, -0.2) is 4.98 Å². The van der Waals surface area contributed by atoms with E-state index < -0.39 is 0 Å². The molecule has 0 spiro atoms. The molecule has 2 fully saturated rings. The maximum Gasteiger partial charge on any atom is 0.237 e. The molecule has 4 rings (SSSR count). The van der Waals surface area contributed by atoms with Crippen LogP contribution in [0.4, 0.5) is 0 Å². The van der Waals surface area contributed by atoms with E-state index in [9.17, 15) is 9.59 Å². The summed E-state index contributed by atoms with van der Waals surface area (Å²) in [6, 6.07) is 10.1. The number of piperidine rings is 1. The van der Waals surface area contributed by atoms with Gasteiger partial charge < -0.3 is 4.90 Å². The highest BCUT2D eigenvalue weighted by molar-refractivity contribution is 5.86. The van der Waals surface area contributed by atoms with Gasteiger partial charge in [0.25, 0.3) is 0 Å². The molecule has 2 atom stereocenters. The Morgan fingerprint density at radius 2 is 1.81 bits per heavy atom. The summed E-state index contributed by atoms with van der Waals surface area (Å²) in [5.41, 5.74) is 1.06. The van der Waals surface area contributed by atoms with Crippen LogP contribution in [-0.4, -0.2) is 32.3 Å². The molecule has 26 heavy (non-hydrogen) atoms. The van der Waals surface area contributed by atoms with Gasteiger partial charge in [0.05, 0.1) is 12.0 Å². The number of nitrogens with zero attached hydrogens (tertiary/aromatic N) is 3. The standard InChI is InChI=1S/C21H25N3O2/c25-19-12-11-18(21(26)23-14-13-22-15-23)20(16-7-3-1-4-8-16)24(19)17-9-5-2-6-10-17/h1,3-4,7-8,13-15,17-18,20H,2,5-6,9-12H2/t18-,20+/m1/s1. The number of likely N-dealkylation sites (tertiary alicyclic amines) is 1. The zero-order valence-electron chi connectivity index (χ0n) is 15.0. The van der Waals surface area contributed by atoms with Crippen LogP contribution in [0.1, 0.15) is 61.3 Å². The minimum atomic E-state index is -0.230. The summed E-state index contributed by atoms with van der Waals surface area (Å²) < 4.78 is 1.56. The van der Waals surface area contributed by atoms with E-state index in [1.54, 1.807) is 23.3 Å². The second kappa shape index (κ2) is 7.44. The lowest BCUT2D eigenvalue weighted by Crippen LogP contribution is -2.51. The van der Waals surface area contributed by atoms with Crippen molar-refractivity contribution in [2.24, 2.45) is 5.92 Å². The molecule has 1 aliphatic carbocycles. The van der Waals surface area contributed by atoms with Crippen LogP contribution in [0.15, 0.2) is 49.1 Å². The molecule has 1 aromatic carbocycles. The molecule has 0 unspecified atom stereocenters. The molecule has 136 valence electrons. The molecule has 1 aliphatic heterocycles. The largest absolute Gasteiger partial charge is 0.332 e. The van der Waals surface area contributed by atoms with Gasteiger partial charge in [-0.05, 0) is 24.8 Å². The molecular formula is C21H25N3O2. The molecule has 5 nitrogen and oxygen atoms in total. The summed E-state index contributed by atoms with van der Waals surface area (Å²) >= 11 is 0. The number of imidazole rings is 1. The average Bonchev–Trinajstić information content (AvgIpc) is 3.23. The van der Waals surface area contributed by atoms with Crippen LogP contribution >= 0.6 is 0 Å².